The summed E-state index contributed by atoms with van der Waals surface area (Å²) in [4.78, 5) is 37.8. The number of allylic oxidation sites excluding steroid dienone is 11. The second-order valence-electron chi connectivity index (χ2n) is 23.6. The second-order valence-corrected chi connectivity index (χ2v) is 25.1. The summed E-state index contributed by atoms with van der Waals surface area (Å²) in [5.41, 5.74) is 0. The largest absolute Gasteiger partial charge is 0.472 e. The zero-order valence-corrected chi connectivity index (χ0v) is 53.5. The van der Waals surface area contributed by atoms with Crippen LogP contribution in [0.1, 0.15) is 303 Å². The summed E-state index contributed by atoms with van der Waals surface area (Å²) in [5.74, 6) is -0.522. The Hall–Kier alpha value is -2.55. The number of hydrogen-bond donors (Lipinski definition) is 2. The molecule has 2 N–H and O–H groups in total. The third-order valence-corrected chi connectivity index (χ3v) is 15.6. The van der Waals surface area contributed by atoms with E-state index in [2.05, 4.69) is 86.8 Å². The van der Waals surface area contributed by atoms with E-state index >= 15 is 0 Å². The average Bonchev–Trinajstić information content (AvgIpc) is 3.41. The lowest BCUT2D eigenvalue weighted by atomic mass is 10.0. The molecule has 3 unspecified atom stereocenters. The number of carbonyl (C=O) groups is 2. The van der Waals surface area contributed by atoms with Crippen LogP contribution in [0.25, 0.3) is 0 Å². The number of likely N-dealkylation sites (N-methyl/N-ethyl adjacent to an activating group) is 1. The number of ether oxygens (including phenoxy) is 1. The number of carbonyl (C=O) groups excluding carboxylic acids is 2. The first kappa shape index (κ1) is 76.5. The monoisotopic (exact) mass is 1130 g/mol. The Balaban J connectivity index is 5.17. The molecule has 0 fully saturated rings. The van der Waals surface area contributed by atoms with Gasteiger partial charge in [0.2, 0.25) is 5.91 Å². The van der Waals surface area contributed by atoms with Crippen LogP contribution in [0.5, 0.6) is 0 Å². The minimum Gasteiger partial charge on any atom is -0.456 e. The van der Waals surface area contributed by atoms with E-state index in [9.17, 15) is 19.0 Å². The SMILES string of the molecule is CCCCC/C=C\C/C=C\C/C=C\C/C=C\CCCCCCCC(=O)NC(COP(=O)(O)OCC[N+](C)(C)C)C(/C=C/CCCCCCCCCCC)OC(=O)CCCCCCCCCCCCC/C=C/CCCCCCCC. The molecule has 0 aliphatic heterocycles. The minimum atomic E-state index is -4.46. The Morgan fingerprint density at radius 2 is 0.772 bits per heavy atom. The first-order valence-electron chi connectivity index (χ1n) is 33.3. The Bertz CT molecular complexity index is 1580. The summed E-state index contributed by atoms with van der Waals surface area (Å²) in [7, 11) is 1.48. The van der Waals surface area contributed by atoms with Gasteiger partial charge in [0.05, 0.1) is 33.8 Å². The lowest BCUT2D eigenvalue weighted by molar-refractivity contribution is -0.870. The van der Waals surface area contributed by atoms with Crippen LogP contribution in [-0.4, -0.2) is 74.3 Å². The summed E-state index contributed by atoms with van der Waals surface area (Å²) in [6.07, 6.45) is 76.2. The number of esters is 1. The Kier molecular flexibility index (Phi) is 56.7. The first-order valence-corrected chi connectivity index (χ1v) is 34.8. The molecular formula is C69H128N2O7P+. The molecule has 0 saturated heterocycles. The summed E-state index contributed by atoms with van der Waals surface area (Å²) in [6, 6.07) is -0.861. The van der Waals surface area contributed by atoms with Gasteiger partial charge in [-0.15, -0.1) is 0 Å². The molecule has 1 amide bonds. The molecule has 0 bridgehead atoms. The fraction of sp³-hybridized carbons (Fsp3) is 0.797. The molecule has 0 saturated carbocycles. The number of phosphoric acid groups is 1. The van der Waals surface area contributed by atoms with Crippen LogP contribution in [0.15, 0.2) is 72.9 Å². The van der Waals surface area contributed by atoms with Crippen LogP contribution in [-0.2, 0) is 27.9 Å². The second kappa shape index (κ2) is 58.6. The standard InChI is InChI=1S/C69H127N2O7P/c1-7-10-13-16-19-22-25-27-29-31-33-35-37-39-41-43-46-49-52-55-58-61-68(72)70-66(65-77-79(74,75)76-64-63-71(4,5)6)67(60-57-54-51-48-45-24-21-18-15-12-9-3)78-69(73)62-59-56-53-50-47-44-42-40-38-36-34-32-30-28-26-23-20-17-14-11-8-2/h19,22,27-30,33,35,39,41,57,60,66-67H,7-18,20-21,23-26,31-32,34,36-38,40,42-56,58-59,61-65H2,1-6H3,(H-,70,72,74,75)/p+1/b22-19-,29-27-,30-28+,35-33-,41-39-,60-57+. The third-order valence-electron chi connectivity index (χ3n) is 14.6. The molecule has 9 nitrogen and oxygen atoms in total. The predicted molar refractivity (Wildman–Crippen MR) is 341 cm³/mol. The van der Waals surface area contributed by atoms with Crippen LogP contribution in [0.3, 0.4) is 0 Å². The Morgan fingerprint density at radius 3 is 1.19 bits per heavy atom. The van der Waals surface area contributed by atoms with Crippen molar-refractivity contribution in [3.63, 3.8) is 0 Å². The molecule has 0 aromatic carbocycles. The summed E-state index contributed by atoms with van der Waals surface area (Å²) in [6.45, 7) is 6.98. The molecule has 0 aliphatic carbocycles. The van der Waals surface area contributed by atoms with Crippen LogP contribution in [0, 0.1) is 0 Å². The molecule has 0 radical (unpaired) electrons. The highest BCUT2D eigenvalue weighted by Gasteiger charge is 2.30. The molecule has 10 heteroatoms. The normalized spacial score (nSPS) is 14.1. The Morgan fingerprint density at radius 1 is 0.443 bits per heavy atom. The fourth-order valence-electron chi connectivity index (χ4n) is 9.45. The van der Waals surface area contributed by atoms with Gasteiger partial charge < -0.3 is 19.4 Å². The van der Waals surface area contributed by atoms with Crippen molar-refractivity contribution in [2.75, 3.05) is 40.9 Å². The number of quaternary nitrogens is 1. The summed E-state index contributed by atoms with van der Waals surface area (Å²) in [5, 5.41) is 3.05. The number of unbranched alkanes of at least 4 members (excludes halogenated alkanes) is 34. The number of rotatable bonds is 60. The van der Waals surface area contributed by atoms with Crippen molar-refractivity contribution in [2.24, 2.45) is 0 Å². The number of nitrogens with one attached hydrogen (secondary N) is 1. The maximum Gasteiger partial charge on any atom is 0.472 e. The molecule has 3 atom stereocenters. The molecule has 460 valence electrons. The predicted octanol–water partition coefficient (Wildman–Crippen LogP) is 20.8. The maximum absolute atomic E-state index is 13.6. The molecule has 0 rings (SSSR count). The van der Waals surface area contributed by atoms with Gasteiger partial charge in [0.25, 0.3) is 0 Å². The summed E-state index contributed by atoms with van der Waals surface area (Å²) >= 11 is 0. The Labute approximate surface area is 489 Å². The highest BCUT2D eigenvalue weighted by molar-refractivity contribution is 7.47. The third kappa shape index (κ3) is 59.9. The average molecular weight is 1130 g/mol. The first-order chi connectivity index (χ1) is 38.4. The topological polar surface area (TPSA) is 111 Å². The van der Waals surface area contributed by atoms with E-state index in [-0.39, 0.29) is 31.5 Å². The van der Waals surface area contributed by atoms with E-state index in [1.54, 1.807) is 0 Å². The fourth-order valence-corrected chi connectivity index (χ4v) is 10.2. The lowest BCUT2D eigenvalue weighted by Gasteiger charge is -2.27. The van der Waals surface area contributed by atoms with Crippen molar-refractivity contribution < 1.29 is 37.3 Å². The summed E-state index contributed by atoms with van der Waals surface area (Å²) < 4.78 is 30.7. The number of amides is 1. The van der Waals surface area contributed by atoms with Crippen molar-refractivity contribution in [3.05, 3.63) is 72.9 Å². The van der Waals surface area contributed by atoms with Crippen molar-refractivity contribution in [3.8, 4) is 0 Å². The van der Waals surface area contributed by atoms with Gasteiger partial charge in [-0.3, -0.25) is 18.6 Å². The molecule has 79 heavy (non-hydrogen) atoms. The number of phosphoric ester groups is 1. The van der Waals surface area contributed by atoms with Crippen LogP contribution >= 0.6 is 7.82 Å². The zero-order chi connectivity index (χ0) is 57.9. The molecular weight excluding hydrogens is 1000 g/mol. The number of nitrogens with zero attached hydrogens (tertiary/aromatic N) is 1. The van der Waals surface area contributed by atoms with Gasteiger partial charge in [-0.25, -0.2) is 4.57 Å². The molecule has 0 heterocycles. The molecule has 0 aliphatic rings. The molecule has 0 spiro atoms. The van der Waals surface area contributed by atoms with Crippen LogP contribution in [0.4, 0.5) is 0 Å². The van der Waals surface area contributed by atoms with Crippen molar-refractivity contribution in [1.82, 2.24) is 5.32 Å². The van der Waals surface area contributed by atoms with Crippen molar-refractivity contribution in [2.45, 2.75) is 315 Å². The molecule has 0 aromatic heterocycles. The minimum absolute atomic E-state index is 0.0343. The van der Waals surface area contributed by atoms with Gasteiger partial charge in [-0.2, -0.15) is 0 Å². The van der Waals surface area contributed by atoms with Crippen molar-refractivity contribution >= 4 is 19.7 Å². The molecule has 0 aromatic rings. The van der Waals surface area contributed by atoms with E-state index in [1.807, 2.05) is 33.3 Å². The lowest BCUT2D eigenvalue weighted by Crippen LogP contribution is -2.47. The van der Waals surface area contributed by atoms with E-state index in [4.69, 9.17) is 13.8 Å². The van der Waals surface area contributed by atoms with Gasteiger partial charge in [-0.1, -0.05) is 261 Å². The maximum atomic E-state index is 13.6. The smallest absolute Gasteiger partial charge is 0.456 e. The van der Waals surface area contributed by atoms with Gasteiger partial charge in [-0.05, 0) is 102 Å². The van der Waals surface area contributed by atoms with Gasteiger partial charge >= 0.3 is 13.8 Å². The van der Waals surface area contributed by atoms with Gasteiger partial charge in [0.1, 0.15) is 19.3 Å². The van der Waals surface area contributed by atoms with Gasteiger partial charge in [0, 0.05) is 12.8 Å². The highest BCUT2D eigenvalue weighted by Crippen LogP contribution is 2.43. The highest BCUT2D eigenvalue weighted by atomic mass is 31.2. The van der Waals surface area contributed by atoms with E-state index < -0.39 is 20.0 Å². The quantitative estimate of drug-likeness (QED) is 0.0205. The van der Waals surface area contributed by atoms with Crippen molar-refractivity contribution in [1.29, 1.82) is 0 Å². The van der Waals surface area contributed by atoms with E-state index in [0.29, 0.717) is 17.4 Å². The van der Waals surface area contributed by atoms with E-state index in [0.717, 1.165) is 96.3 Å². The van der Waals surface area contributed by atoms with Crippen LogP contribution < -0.4 is 5.32 Å². The van der Waals surface area contributed by atoms with E-state index in [1.165, 1.54) is 173 Å². The zero-order valence-electron chi connectivity index (χ0n) is 52.6. The van der Waals surface area contributed by atoms with Crippen LogP contribution in [0.2, 0.25) is 0 Å². The number of hydrogen-bond acceptors (Lipinski definition) is 6. The van der Waals surface area contributed by atoms with Gasteiger partial charge in [0.15, 0.2) is 0 Å².